The number of ether oxygens (including phenoxy) is 1. The molecule has 1 fully saturated rings. The van der Waals surface area contributed by atoms with Gasteiger partial charge in [0.05, 0.1) is 12.7 Å². The summed E-state index contributed by atoms with van der Waals surface area (Å²) >= 11 is 0. The maximum atomic E-state index is 12.5. The number of carbonyl (C=O) groups is 1. The van der Waals surface area contributed by atoms with Crippen LogP contribution in [0.5, 0.6) is 5.75 Å². The number of likely N-dealkylation sites (tertiary alicyclic amines) is 1. The van der Waals surface area contributed by atoms with Gasteiger partial charge in [0, 0.05) is 12.6 Å². The fraction of sp³-hybridized carbons (Fsp3) is 0.500. The monoisotopic (exact) mass is 344 g/mol. The van der Waals surface area contributed by atoms with Gasteiger partial charge in [-0.25, -0.2) is 4.68 Å². The standard InChI is InChI=1S/C18H24N4O3/c1-14(2)22-11-16(19-20-22)18(24)9-6-10-21(13-18)17(23)12-25-15-7-4-3-5-8-15/h3-5,7-8,11,14,24H,6,9-10,12-13H2,1-2H3. The highest BCUT2D eigenvalue weighted by molar-refractivity contribution is 5.78. The summed E-state index contributed by atoms with van der Waals surface area (Å²) in [4.78, 5) is 14.1. The zero-order valence-corrected chi connectivity index (χ0v) is 14.6. The van der Waals surface area contributed by atoms with E-state index in [2.05, 4.69) is 10.3 Å². The molecule has 1 amide bonds. The number of rotatable bonds is 5. The third-order valence-corrected chi connectivity index (χ3v) is 4.45. The highest BCUT2D eigenvalue weighted by Crippen LogP contribution is 2.30. The predicted octanol–water partition coefficient (Wildman–Crippen LogP) is 1.75. The van der Waals surface area contributed by atoms with Crippen LogP contribution in [0.25, 0.3) is 0 Å². The second-order valence-electron chi connectivity index (χ2n) is 6.73. The number of carbonyl (C=O) groups excluding carboxylic acids is 1. The Balaban J connectivity index is 1.64. The Hall–Kier alpha value is -2.41. The maximum Gasteiger partial charge on any atom is 0.260 e. The van der Waals surface area contributed by atoms with Gasteiger partial charge in [0.2, 0.25) is 0 Å². The molecule has 0 spiro atoms. The summed E-state index contributed by atoms with van der Waals surface area (Å²) in [5.74, 6) is 0.515. The quantitative estimate of drug-likeness (QED) is 0.894. The number of hydrogen-bond donors (Lipinski definition) is 1. The molecular weight excluding hydrogens is 320 g/mol. The van der Waals surface area contributed by atoms with E-state index in [1.54, 1.807) is 15.8 Å². The van der Waals surface area contributed by atoms with Gasteiger partial charge in [-0.1, -0.05) is 23.4 Å². The van der Waals surface area contributed by atoms with Gasteiger partial charge >= 0.3 is 0 Å². The largest absolute Gasteiger partial charge is 0.484 e. The number of aromatic nitrogens is 3. The molecule has 1 aromatic heterocycles. The average Bonchev–Trinajstić information content (AvgIpc) is 3.12. The van der Waals surface area contributed by atoms with E-state index < -0.39 is 5.60 Å². The number of aliphatic hydroxyl groups is 1. The van der Waals surface area contributed by atoms with Crippen molar-refractivity contribution in [3.05, 3.63) is 42.2 Å². The lowest BCUT2D eigenvalue weighted by Crippen LogP contribution is -2.50. The number of piperidine rings is 1. The Bertz CT molecular complexity index is 716. The van der Waals surface area contributed by atoms with Gasteiger partial charge in [0.15, 0.2) is 6.61 Å². The lowest BCUT2D eigenvalue weighted by atomic mass is 9.90. The van der Waals surface area contributed by atoms with Gasteiger partial charge in [-0.05, 0) is 38.8 Å². The summed E-state index contributed by atoms with van der Waals surface area (Å²) in [7, 11) is 0. The van der Waals surface area contributed by atoms with E-state index in [1.165, 1.54) is 0 Å². The molecule has 7 heteroatoms. The number of hydrogen-bond acceptors (Lipinski definition) is 5. The van der Waals surface area contributed by atoms with E-state index in [1.807, 2.05) is 44.2 Å². The van der Waals surface area contributed by atoms with Crippen molar-refractivity contribution in [3.63, 3.8) is 0 Å². The van der Waals surface area contributed by atoms with Crippen LogP contribution in [0.1, 0.15) is 38.4 Å². The van der Waals surface area contributed by atoms with Gasteiger partial charge < -0.3 is 14.7 Å². The number of para-hydroxylation sites is 1. The molecule has 134 valence electrons. The van der Waals surface area contributed by atoms with Crippen LogP contribution in [-0.4, -0.2) is 50.6 Å². The van der Waals surface area contributed by atoms with Crippen molar-refractivity contribution in [2.24, 2.45) is 0 Å². The van der Waals surface area contributed by atoms with Gasteiger partial charge in [-0.15, -0.1) is 5.10 Å². The van der Waals surface area contributed by atoms with Crippen molar-refractivity contribution < 1.29 is 14.6 Å². The summed E-state index contributed by atoms with van der Waals surface area (Å²) in [5.41, 5.74) is -0.643. The summed E-state index contributed by atoms with van der Waals surface area (Å²) in [6, 6.07) is 9.40. The Morgan fingerprint density at radius 3 is 2.80 bits per heavy atom. The van der Waals surface area contributed by atoms with Crippen LogP contribution in [-0.2, 0) is 10.4 Å². The zero-order valence-electron chi connectivity index (χ0n) is 14.6. The molecule has 0 aliphatic carbocycles. The summed E-state index contributed by atoms with van der Waals surface area (Å²) < 4.78 is 7.24. The highest BCUT2D eigenvalue weighted by Gasteiger charge is 2.39. The molecule has 2 aromatic rings. The summed E-state index contributed by atoms with van der Waals surface area (Å²) in [6.45, 7) is 4.78. The van der Waals surface area contributed by atoms with Crippen molar-refractivity contribution in [2.75, 3.05) is 19.7 Å². The molecule has 0 radical (unpaired) electrons. The third kappa shape index (κ3) is 3.99. The molecule has 7 nitrogen and oxygen atoms in total. The molecular formula is C18H24N4O3. The Morgan fingerprint density at radius 1 is 1.36 bits per heavy atom. The molecule has 0 bridgehead atoms. The van der Waals surface area contributed by atoms with E-state index in [9.17, 15) is 9.90 Å². The third-order valence-electron chi connectivity index (χ3n) is 4.45. The van der Waals surface area contributed by atoms with E-state index in [0.29, 0.717) is 30.8 Å². The van der Waals surface area contributed by atoms with E-state index in [0.717, 1.165) is 0 Å². The summed E-state index contributed by atoms with van der Waals surface area (Å²) in [6.07, 6.45) is 3.04. The molecule has 1 N–H and O–H groups in total. The molecule has 0 saturated carbocycles. The molecule has 1 unspecified atom stereocenters. The smallest absolute Gasteiger partial charge is 0.260 e. The van der Waals surface area contributed by atoms with Crippen molar-refractivity contribution in [1.82, 2.24) is 19.9 Å². The lowest BCUT2D eigenvalue weighted by Gasteiger charge is -2.37. The zero-order chi connectivity index (χ0) is 17.9. The number of nitrogens with zero attached hydrogens (tertiary/aromatic N) is 4. The van der Waals surface area contributed by atoms with E-state index in [4.69, 9.17) is 4.74 Å². The van der Waals surface area contributed by atoms with Crippen LogP contribution in [0, 0.1) is 0 Å². The Morgan fingerprint density at radius 2 is 2.12 bits per heavy atom. The topological polar surface area (TPSA) is 80.5 Å². The van der Waals surface area contributed by atoms with Gasteiger partial charge in [0.25, 0.3) is 5.91 Å². The highest BCUT2D eigenvalue weighted by atomic mass is 16.5. The number of β-amino-alcohol motifs (C(OH)–C–C–N with tert-alkyl or cyclic N) is 1. The first-order valence-corrected chi connectivity index (χ1v) is 8.58. The van der Waals surface area contributed by atoms with Gasteiger partial charge in [0.1, 0.15) is 17.0 Å². The first-order valence-electron chi connectivity index (χ1n) is 8.58. The summed E-state index contributed by atoms with van der Waals surface area (Å²) in [5, 5.41) is 19.2. The molecule has 1 saturated heterocycles. The SMILES string of the molecule is CC(C)n1cc(C2(O)CCCN(C(=O)COc3ccccc3)C2)nn1. The normalized spacial score (nSPS) is 20.7. The van der Waals surface area contributed by atoms with Crippen LogP contribution in [0.2, 0.25) is 0 Å². The number of benzene rings is 1. The molecule has 25 heavy (non-hydrogen) atoms. The minimum Gasteiger partial charge on any atom is -0.484 e. The second kappa shape index (κ2) is 7.23. The first kappa shape index (κ1) is 17.4. The van der Waals surface area contributed by atoms with E-state index in [-0.39, 0.29) is 25.1 Å². The van der Waals surface area contributed by atoms with Crippen LogP contribution >= 0.6 is 0 Å². The minimum atomic E-state index is -1.16. The van der Waals surface area contributed by atoms with Crippen molar-refractivity contribution in [1.29, 1.82) is 0 Å². The molecule has 1 aromatic carbocycles. The Kier molecular flexibility index (Phi) is 5.03. The van der Waals surface area contributed by atoms with Crippen LogP contribution < -0.4 is 4.74 Å². The molecule has 2 heterocycles. The van der Waals surface area contributed by atoms with Crippen LogP contribution in [0.3, 0.4) is 0 Å². The molecule has 1 atom stereocenters. The molecule has 1 aliphatic heterocycles. The van der Waals surface area contributed by atoms with Crippen LogP contribution in [0.4, 0.5) is 0 Å². The fourth-order valence-corrected chi connectivity index (χ4v) is 2.95. The fourth-order valence-electron chi connectivity index (χ4n) is 2.95. The predicted molar refractivity (Wildman–Crippen MR) is 92.1 cm³/mol. The Labute approximate surface area is 147 Å². The van der Waals surface area contributed by atoms with Crippen molar-refractivity contribution >= 4 is 5.91 Å². The maximum absolute atomic E-state index is 12.5. The van der Waals surface area contributed by atoms with Crippen molar-refractivity contribution in [3.8, 4) is 5.75 Å². The second-order valence-corrected chi connectivity index (χ2v) is 6.73. The molecule has 3 rings (SSSR count). The average molecular weight is 344 g/mol. The number of amides is 1. The van der Waals surface area contributed by atoms with Gasteiger partial charge in [-0.3, -0.25) is 4.79 Å². The van der Waals surface area contributed by atoms with Crippen molar-refractivity contribution in [2.45, 2.75) is 38.3 Å². The molecule has 1 aliphatic rings. The minimum absolute atomic E-state index is 0.0429. The lowest BCUT2D eigenvalue weighted by molar-refractivity contribution is -0.141. The van der Waals surface area contributed by atoms with Crippen LogP contribution in [0.15, 0.2) is 36.5 Å². The van der Waals surface area contributed by atoms with Gasteiger partial charge in [-0.2, -0.15) is 0 Å². The van der Waals surface area contributed by atoms with E-state index >= 15 is 0 Å². The first-order chi connectivity index (χ1) is 12.0.